The van der Waals surface area contributed by atoms with Crippen molar-refractivity contribution in [2.75, 3.05) is 13.6 Å². The number of hydrogen-bond donors (Lipinski definition) is 1. The summed E-state index contributed by atoms with van der Waals surface area (Å²) >= 11 is 0. The molecule has 2 unspecified atom stereocenters. The van der Waals surface area contributed by atoms with Crippen LogP contribution in [0.25, 0.3) is 0 Å². The normalized spacial score (nSPS) is 27.6. The van der Waals surface area contributed by atoms with Gasteiger partial charge in [0.25, 0.3) is 0 Å². The predicted molar refractivity (Wildman–Crippen MR) is 86.0 cm³/mol. The zero-order valence-corrected chi connectivity index (χ0v) is 13.4. The van der Waals surface area contributed by atoms with Gasteiger partial charge >= 0.3 is 0 Å². The van der Waals surface area contributed by atoms with Gasteiger partial charge in [-0.2, -0.15) is 5.10 Å². The lowest BCUT2D eigenvalue weighted by atomic mass is 9.83. The van der Waals surface area contributed by atoms with Gasteiger partial charge in [0.05, 0.1) is 11.7 Å². The van der Waals surface area contributed by atoms with Crippen molar-refractivity contribution in [3.8, 4) is 0 Å². The molecule has 118 valence electrons. The lowest BCUT2D eigenvalue weighted by Crippen LogP contribution is -2.42. The van der Waals surface area contributed by atoms with Gasteiger partial charge in [-0.3, -0.25) is 9.58 Å². The summed E-state index contributed by atoms with van der Waals surface area (Å²) in [6.07, 6.45) is 12.8. The molecule has 4 heteroatoms. The first-order chi connectivity index (χ1) is 10.3. The van der Waals surface area contributed by atoms with Crippen molar-refractivity contribution in [1.82, 2.24) is 14.7 Å². The molecular weight excluding hydrogens is 260 g/mol. The molecule has 0 radical (unpaired) electrons. The van der Waals surface area contributed by atoms with Crippen LogP contribution >= 0.6 is 0 Å². The van der Waals surface area contributed by atoms with Crippen molar-refractivity contribution in [3.63, 3.8) is 0 Å². The quantitative estimate of drug-likeness (QED) is 0.907. The molecule has 0 amide bonds. The van der Waals surface area contributed by atoms with Gasteiger partial charge in [0.2, 0.25) is 0 Å². The minimum Gasteiger partial charge on any atom is -0.330 e. The van der Waals surface area contributed by atoms with Crippen molar-refractivity contribution in [2.24, 2.45) is 11.7 Å². The Bertz CT molecular complexity index is 436. The van der Waals surface area contributed by atoms with Crippen LogP contribution in [0.15, 0.2) is 12.3 Å². The lowest BCUT2D eigenvalue weighted by Gasteiger charge is -2.37. The molecule has 2 fully saturated rings. The fourth-order valence-electron chi connectivity index (χ4n) is 4.25. The van der Waals surface area contributed by atoms with E-state index in [2.05, 4.69) is 28.9 Å². The average Bonchev–Trinajstić information content (AvgIpc) is 3.17. The van der Waals surface area contributed by atoms with E-state index in [1.165, 1.54) is 57.1 Å². The van der Waals surface area contributed by atoms with Gasteiger partial charge in [0, 0.05) is 18.8 Å². The first-order valence-corrected chi connectivity index (χ1v) is 8.72. The van der Waals surface area contributed by atoms with E-state index in [4.69, 9.17) is 10.8 Å². The Morgan fingerprint density at radius 1 is 1.19 bits per heavy atom. The van der Waals surface area contributed by atoms with Crippen molar-refractivity contribution >= 4 is 0 Å². The number of nitrogens with zero attached hydrogens (tertiary/aromatic N) is 3. The van der Waals surface area contributed by atoms with Crippen molar-refractivity contribution in [3.05, 3.63) is 18.0 Å². The largest absolute Gasteiger partial charge is 0.330 e. The minimum atomic E-state index is 0.639. The second-order valence-electron chi connectivity index (χ2n) is 6.99. The molecule has 2 aliphatic carbocycles. The van der Waals surface area contributed by atoms with Crippen LogP contribution in [-0.2, 0) is 6.54 Å². The summed E-state index contributed by atoms with van der Waals surface area (Å²) in [5.41, 5.74) is 7.18. The smallest absolute Gasteiger partial charge is 0.0764 e. The van der Waals surface area contributed by atoms with Gasteiger partial charge in [0.1, 0.15) is 0 Å². The highest BCUT2D eigenvalue weighted by atomic mass is 15.3. The molecule has 1 aromatic heterocycles. The van der Waals surface area contributed by atoms with E-state index in [0.29, 0.717) is 18.0 Å². The molecule has 2 saturated carbocycles. The van der Waals surface area contributed by atoms with Gasteiger partial charge in [-0.05, 0) is 51.3 Å². The maximum absolute atomic E-state index is 5.97. The molecule has 2 aliphatic rings. The molecule has 0 saturated heterocycles. The van der Waals surface area contributed by atoms with E-state index in [0.717, 1.165) is 13.1 Å². The van der Waals surface area contributed by atoms with Crippen LogP contribution in [0.5, 0.6) is 0 Å². The first-order valence-electron chi connectivity index (χ1n) is 8.72. The summed E-state index contributed by atoms with van der Waals surface area (Å²) < 4.78 is 2.21. The Hall–Kier alpha value is -0.870. The van der Waals surface area contributed by atoms with Crippen molar-refractivity contribution < 1.29 is 0 Å². The summed E-state index contributed by atoms with van der Waals surface area (Å²) in [7, 11) is 2.24. The highest BCUT2D eigenvalue weighted by Crippen LogP contribution is 2.30. The second kappa shape index (κ2) is 6.93. The van der Waals surface area contributed by atoms with E-state index >= 15 is 0 Å². The van der Waals surface area contributed by atoms with Crippen LogP contribution in [-0.4, -0.2) is 34.3 Å². The maximum Gasteiger partial charge on any atom is 0.0764 e. The van der Waals surface area contributed by atoms with E-state index in [-0.39, 0.29) is 0 Å². The first kappa shape index (κ1) is 15.0. The van der Waals surface area contributed by atoms with Gasteiger partial charge in [-0.25, -0.2) is 0 Å². The van der Waals surface area contributed by atoms with Crippen LogP contribution in [0, 0.1) is 5.92 Å². The van der Waals surface area contributed by atoms with Crippen LogP contribution < -0.4 is 5.73 Å². The minimum absolute atomic E-state index is 0.639. The highest BCUT2D eigenvalue weighted by Gasteiger charge is 2.27. The Kier molecular flexibility index (Phi) is 4.96. The van der Waals surface area contributed by atoms with Crippen molar-refractivity contribution in [2.45, 2.75) is 70.0 Å². The summed E-state index contributed by atoms with van der Waals surface area (Å²) in [4.78, 5) is 2.48. The third-order valence-electron chi connectivity index (χ3n) is 5.51. The van der Waals surface area contributed by atoms with E-state index in [1.807, 2.05) is 0 Å². The molecule has 21 heavy (non-hydrogen) atoms. The maximum atomic E-state index is 5.97. The van der Waals surface area contributed by atoms with Gasteiger partial charge < -0.3 is 5.73 Å². The van der Waals surface area contributed by atoms with E-state index in [1.54, 1.807) is 0 Å². The van der Waals surface area contributed by atoms with Crippen molar-refractivity contribution in [1.29, 1.82) is 0 Å². The van der Waals surface area contributed by atoms with Gasteiger partial charge in [-0.1, -0.05) is 25.7 Å². The predicted octanol–water partition coefficient (Wildman–Crippen LogP) is 2.95. The molecule has 0 aromatic carbocycles. The number of rotatable bonds is 5. The third-order valence-corrected chi connectivity index (χ3v) is 5.51. The Balaban J connectivity index is 1.60. The molecule has 0 spiro atoms. The topological polar surface area (TPSA) is 47.1 Å². The average molecular weight is 290 g/mol. The SMILES string of the molecule is CN(Cc1ccn(C2CCCC2)n1)C1CCCCC1CN. The molecule has 0 bridgehead atoms. The molecule has 0 aliphatic heterocycles. The van der Waals surface area contributed by atoms with Crippen LogP contribution in [0.1, 0.15) is 63.1 Å². The summed E-state index contributed by atoms with van der Waals surface area (Å²) in [6.45, 7) is 1.78. The highest BCUT2D eigenvalue weighted by molar-refractivity contribution is 5.01. The third kappa shape index (κ3) is 3.49. The summed E-state index contributed by atoms with van der Waals surface area (Å²) in [6, 6.07) is 3.49. The Morgan fingerprint density at radius 3 is 2.67 bits per heavy atom. The van der Waals surface area contributed by atoms with E-state index in [9.17, 15) is 0 Å². The molecule has 2 atom stereocenters. The zero-order chi connectivity index (χ0) is 14.7. The standard InChI is InChI=1S/C17H30N4/c1-20(17-9-5-2-6-14(17)12-18)13-15-10-11-21(19-15)16-7-3-4-8-16/h10-11,14,16-17H,2-9,12-13,18H2,1H3. The fraction of sp³-hybridized carbons (Fsp3) is 0.824. The molecule has 2 N–H and O–H groups in total. The number of hydrogen-bond acceptors (Lipinski definition) is 3. The van der Waals surface area contributed by atoms with E-state index < -0.39 is 0 Å². The Morgan fingerprint density at radius 2 is 1.90 bits per heavy atom. The van der Waals surface area contributed by atoms with Gasteiger partial charge in [-0.15, -0.1) is 0 Å². The fourth-order valence-corrected chi connectivity index (χ4v) is 4.25. The monoisotopic (exact) mass is 290 g/mol. The molecular formula is C17H30N4. The molecule has 1 heterocycles. The lowest BCUT2D eigenvalue weighted by molar-refractivity contribution is 0.126. The van der Waals surface area contributed by atoms with Gasteiger partial charge in [0.15, 0.2) is 0 Å². The molecule has 1 aromatic rings. The van der Waals surface area contributed by atoms with Crippen LogP contribution in [0.2, 0.25) is 0 Å². The van der Waals surface area contributed by atoms with Crippen LogP contribution in [0.3, 0.4) is 0 Å². The molecule has 3 rings (SSSR count). The Labute approximate surface area is 128 Å². The second-order valence-corrected chi connectivity index (χ2v) is 6.99. The summed E-state index contributed by atoms with van der Waals surface area (Å²) in [5.74, 6) is 0.667. The number of nitrogens with two attached hydrogens (primary N) is 1. The zero-order valence-electron chi connectivity index (χ0n) is 13.4. The van der Waals surface area contributed by atoms with Crippen LogP contribution in [0.4, 0.5) is 0 Å². The number of aromatic nitrogens is 2. The summed E-state index contributed by atoms with van der Waals surface area (Å²) in [5, 5.41) is 4.82. The molecule has 4 nitrogen and oxygen atoms in total.